The van der Waals surface area contributed by atoms with E-state index in [2.05, 4.69) is 5.32 Å². The summed E-state index contributed by atoms with van der Waals surface area (Å²) in [6.45, 7) is 2.89. The summed E-state index contributed by atoms with van der Waals surface area (Å²) in [5, 5.41) is 3.07. The molecule has 1 fully saturated rings. The van der Waals surface area contributed by atoms with Gasteiger partial charge in [-0.3, -0.25) is 13.9 Å². The summed E-state index contributed by atoms with van der Waals surface area (Å²) in [5.74, 6) is -1.69. The van der Waals surface area contributed by atoms with Gasteiger partial charge in [-0.05, 0) is 56.5 Å². The van der Waals surface area contributed by atoms with Crippen LogP contribution in [0.1, 0.15) is 50.2 Å². The van der Waals surface area contributed by atoms with Crippen molar-refractivity contribution in [1.82, 2.24) is 10.2 Å². The number of halogens is 1. The van der Waals surface area contributed by atoms with Crippen LogP contribution in [0.3, 0.4) is 0 Å². The van der Waals surface area contributed by atoms with E-state index in [4.69, 9.17) is 0 Å². The molecule has 1 aliphatic carbocycles. The number of aryl methyl sites for hydroxylation is 1. The summed E-state index contributed by atoms with van der Waals surface area (Å²) >= 11 is 0. The Labute approximate surface area is 236 Å². The van der Waals surface area contributed by atoms with Crippen LogP contribution in [0.4, 0.5) is 10.1 Å². The van der Waals surface area contributed by atoms with E-state index in [0.717, 1.165) is 53.6 Å². The van der Waals surface area contributed by atoms with Crippen molar-refractivity contribution in [3.63, 3.8) is 0 Å². The highest BCUT2D eigenvalue weighted by Gasteiger charge is 2.34. The average Bonchev–Trinajstić information content (AvgIpc) is 2.96. The molecule has 0 aliphatic heterocycles. The van der Waals surface area contributed by atoms with Gasteiger partial charge in [0.25, 0.3) is 10.0 Å². The highest BCUT2D eigenvalue weighted by Crippen LogP contribution is 2.27. The predicted molar refractivity (Wildman–Crippen MR) is 154 cm³/mol. The largest absolute Gasteiger partial charge is 0.352 e. The molecule has 9 heteroatoms. The molecule has 0 bridgehead atoms. The average molecular weight is 566 g/mol. The van der Waals surface area contributed by atoms with E-state index in [9.17, 15) is 18.0 Å². The molecule has 0 radical (unpaired) electrons. The Hall–Kier alpha value is -3.72. The first-order chi connectivity index (χ1) is 19.2. The van der Waals surface area contributed by atoms with Crippen molar-refractivity contribution in [1.29, 1.82) is 0 Å². The first-order valence-corrected chi connectivity index (χ1v) is 15.1. The fourth-order valence-electron chi connectivity index (χ4n) is 4.94. The van der Waals surface area contributed by atoms with Gasteiger partial charge in [0.1, 0.15) is 18.4 Å². The summed E-state index contributed by atoms with van der Waals surface area (Å²) in [7, 11) is -4.32. The minimum atomic E-state index is -4.32. The Morgan fingerprint density at radius 3 is 2.20 bits per heavy atom. The van der Waals surface area contributed by atoms with Crippen LogP contribution >= 0.6 is 0 Å². The van der Waals surface area contributed by atoms with Gasteiger partial charge in [-0.2, -0.15) is 0 Å². The number of sulfonamides is 1. The number of carbonyl (C=O) groups is 2. The van der Waals surface area contributed by atoms with Gasteiger partial charge in [0.05, 0.1) is 10.6 Å². The maximum absolute atomic E-state index is 15.0. The molecular formula is C31H36FN3O4S. The molecule has 4 rings (SSSR count). The van der Waals surface area contributed by atoms with E-state index < -0.39 is 34.3 Å². The van der Waals surface area contributed by atoms with Gasteiger partial charge in [-0.25, -0.2) is 12.8 Å². The Morgan fingerprint density at radius 2 is 1.55 bits per heavy atom. The fraction of sp³-hybridized carbons (Fsp3) is 0.355. The summed E-state index contributed by atoms with van der Waals surface area (Å²) in [6, 6.07) is 20.0. The molecule has 212 valence electrons. The zero-order valence-electron chi connectivity index (χ0n) is 22.9. The molecular weight excluding hydrogens is 529 g/mol. The summed E-state index contributed by atoms with van der Waals surface area (Å²) < 4.78 is 43.4. The number of hydrogen-bond donors (Lipinski definition) is 1. The van der Waals surface area contributed by atoms with Crippen LogP contribution in [-0.4, -0.2) is 43.8 Å². The van der Waals surface area contributed by atoms with Gasteiger partial charge in [0.2, 0.25) is 11.8 Å². The summed E-state index contributed by atoms with van der Waals surface area (Å²) in [5.41, 5.74) is 1.40. The SMILES string of the molecule is Cc1ccc(S(=O)(=O)N(CC(=O)N(Cc2ccccc2)C(C)C(=O)NC2CCCCC2)c2ccccc2F)cc1. The molecule has 2 amide bonds. The van der Waals surface area contributed by atoms with Crippen molar-refractivity contribution in [2.45, 2.75) is 69.5 Å². The van der Waals surface area contributed by atoms with Gasteiger partial charge in [-0.15, -0.1) is 0 Å². The lowest BCUT2D eigenvalue weighted by atomic mass is 9.95. The minimum Gasteiger partial charge on any atom is -0.352 e. The molecule has 1 atom stereocenters. The minimum absolute atomic E-state index is 0.0502. The lowest BCUT2D eigenvalue weighted by molar-refractivity contribution is -0.139. The Morgan fingerprint density at radius 1 is 0.925 bits per heavy atom. The molecule has 3 aromatic carbocycles. The number of hydrogen-bond acceptors (Lipinski definition) is 4. The predicted octanol–water partition coefficient (Wildman–Crippen LogP) is 5.20. The van der Waals surface area contributed by atoms with Gasteiger partial charge in [0, 0.05) is 12.6 Å². The third-order valence-corrected chi connectivity index (χ3v) is 9.10. The summed E-state index contributed by atoms with van der Waals surface area (Å²) in [4.78, 5) is 28.5. The highest BCUT2D eigenvalue weighted by atomic mass is 32.2. The van der Waals surface area contributed by atoms with Crippen molar-refractivity contribution < 1.29 is 22.4 Å². The van der Waals surface area contributed by atoms with Crippen LogP contribution in [0.25, 0.3) is 0 Å². The molecule has 1 N–H and O–H groups in total. The monoisotopic (exact) mass is 565 g/mol. The van der Waals surface area contributed by atoms with Gasteiger partial charge >= 0.3 is 0 Å². The first-order valence-electron chi connectivity index (χ1n) is 13.6. The van der Waals surface area contributed by atoms with Crippen LogP contribution in [-0.2, 0) is 26.2 Å². The third kappa shape index (κ3) is 7.07. The van der Waals surface area contributed by atoms with Crippen molar-refractivity contribution >= 4 is 27.5 Å². The molecule has 0 spiro atoms. The van der Waals surface area contributed by atoms with Crippen LogP contribution in [0, 0.1) is 12.7 Å². The van der Waals surface area contributed by atoms with Crippen molar-refractivity contribution in [3.8, 4) is 0 Å². The molecule has 0 heterocycles. The van der Waals surface area contributed by atoms with Crippen LogP contribution in [0.15, 0.2) is 83.8 Å². The third-order valence-electron chi connectivity index (χ3n) is 7.32. The molecule has 0 aromatic heterocycles. The van der Waals surface area contributed by atoms with E-state index in [0.29, 0.717) is 0 Å². The molecule has 7 nitrogen and oxygen atoms in total. The number of anilines is 1. The topological polar surface area (TPSA) is 86.8 Å². The maximum atomic E-state index is 15.0. The van der Waals surface area contributed by atoms with Crippen LogP contribution in [0.5, 0.6) is 0 Å². The Kier molecular flexibility index (Phi) is 9.58. The van der Waals surface area contributed by atoms with E-state index in [-0.39, 0.29) is 29.1 Å². The lowest BCUT2D eigenvalue weighted by Crippen LogP contribution is -2.53. The smallest absolute Gasteiger partial charge is 0.264 e. The summed E-state index contributed by atoms with van der Waals surface area (Å²) in [6.07, 6.45) is 5.00. The van der Waals surface area contributed by atoms with Crippen LogP contribution < -0.4 is 9.62 Å². The van der Waals surface area contributed by atoms with Crippen molar-refractivity contribution in [2.75, 3.05) is 10.8 Å². The van der Waals surface area contributed by atoms with Gasteiger partial charge < -0.3 is 10.2 Å². The number of carbonyl (C=O) groups excluding carboxylic acids is 2. The number of rotatable bonds is 10. The van der Waals surface area contributed by atoms with E-state index in [1.165, 1.54) is 35.2 Å². The number of nitrogens with zero attached hydrogens (tertiary/aromatic N) is 2. The molecule has 1 aliphatic rings. The molecule has 3 aromatic rings. The van der Waals surface area contributed by atoms with Crippen molar-refractivity contribution in [2.24, 2.45) is 0 Å². The van der Waals surface area contributed by atoms with Gasteiger partial charge in [0.15, 0.2) is 0 Å². The van der Waals surface area contributed by atoms with E-state index >= 15 is 4.39 Å². The Balaban J connectivity index is 1.67. The highest BCUT2D eigenvalue weighted by molar-refractivity contribution is 7.92. The fourth-order valence-corrected chi connectivity index (χ4v) is 6.36. The van der Waals surface area contributed by atoms with Gasteiger partial charge in [-0.1, -0.05) is 79.4 Å². The quantitative estimate of drug-likeness (QED) is 0.366. The van der Waals surface area contributed by atoms with E-state index in [1.807, 2.05) is 37.3 Å². The molecule has 0 saturated heterocycles. The molecule has 1 saturated carbocycles. The second kappa shape index (κ2) is 13.1. The normalized spacial score (nSPS) is 14.8. The second-order valence-electron chi connectivity index (χ2n) is 10.3. The number of amides is 2. The second-order valence-corrected chi connectivity index (χ2v) is 12.2. The first kappa shape index (κ1) is 29.3. The number of nitrogens with one attached hydrogen (secondary N) is 1. The zero-order chi connectivity index (χ0) is 28.7. The lowest BCUT2D eigenvalue weighted by Gasteiger charge is -2.33. The maximum Gasteiger partial charge on any atom is 0.264 e. The Bertz CT molecular complexity index is 1410. The number of benzene rings is 3. The number of para-hydroxylation sites is 1. The van der Waals surface area contributed by atoms with Crippen LogP contribution in [0.2, 0.25) is 0 Å². The molecule has 40 heavy (non-hydrogen) atoms. The van der Waals surface area contributed by atoms with Crippen molar-refractivity contribution in [3.05, 3.63) is 95.8 Å². The van der Waals surface area contributed by atoms with E-state index in [1.54, 1.807) is 19.1 Å². The standard InChI is InChI=1S/C31H36FN3O4S/c1-23-17-19-27(20-18-23)40(38,39)35(29-16-10-9-15-28(29)32)22-30(36)34(21-25-11-5-3-6-12-25)24(2)31(37)33-26-13-7-4-8-14-26/h3,5-6,9-12,15-20,24,26H,4,7-8,13-14,21-22H2,1-2H3,(H,33,37). The zero-order valence-corrected chi connectivity index (χ0v) is 23.7. The molecule has 1 unspecified atom stereocenters.